The highest BCUT2D eigenvalue weighted by molar-refractivity contribution is 7.99. The van der Waals surface area contributed by atoms with Gasteiger partial charge in [-0.15, -0.1) is 0 Å². The number of hydrogen-bond donors (Lipinski definition) is 0. The van der Waals surface area contributed by atoms with E-state index in [9.17, 15) is 0 Å². The molecular formula is C25H40ClN3S2. The van der Waals surface area contributed by atoms with Crippen LogP contribution < -0.4 is 9.21 Å². The van der Waals surface area contributed by atoms with Gasteiger partial charge in [-0.2, -0.15) is 0 Å². The van der Waals surface area contributed by atoms with Gasteiger partial charge in [0.25, 0.3) is 0 Å². The summed E-state index contributed by atoms with van der Waals surface area (Å²) in [5.74, 6) is 1.55. The SMILES string of the molecule is C.CC.CSN1CCN(c2ccc(CSN(CC(C)C)c3cccc(Cl)c3)cc2)CC1. The van der Waals surface area contributed by atoms with Crippen LogP contribution in [0.5, 0.6) is 0 Å². The first-order chi connectivity index (χ1) is 14.5. The zero-order chi connectivity index (χ0) is 21.9. The van der Waals surface area contributed by atoms with Gasteiger partial charge in [0.05, 0.1) is 0 Å². The number of hydrogen-bond acceptors (Lipinski definition) is 5. The molecule has 0 atom stereocenters. The first kappa shape index (κ1) is 28.0. The minimum atomic E-state index is 0. The van der Waals surface area contributed by atoms with Crippen molar-refractivity contribution >= 4 is 46.9 Å². The fourth-order valence-corrected chi connectivity index (χ4v) is 5.16. The molecule has 1 aliphatic rings. The van der Waals surface area contributed by atoms with Crippen molar-refractivity contribution in [1.29, 1.82) is 0 Å². The molecule has 1 fully saturated rings. The topological polar surface area (TPSA) is 9.72 Å². The van der Waals surface area contributed by atoms with Crippen LogP contribution in [0.25, 0.3) is 0 Å². The molecule has 2 aromatic carbocycles. The molecule has 0 aromatic heterocycles. The summed E-state index contributed by atoms with van der Waals surface area (Å²) in [4.78, 5) is 2.49. The van der Waals surface area contributed by atoms with Gasteiger partial charge in [0.2, 0.25) is 0 Å². The zero-order valence-electron chi connectivity index (χ0n) is 19.0. The first-order valence-corrected chi connectivity index (χ1v) is 13.3. The van der Waals surface area contributed by atoms with Gasteiger partial charge in [-0.3, -0.25) is 0 Å². The van der Waals surface area contributed by atoms with Crippen LogP contribution in [0.1, 0.15) is 40.7 Å². The van der Waals surface area contributed by atoms with E-state index in [0.717, 1.165) is 43.5 Å². The van der Waals surface area contributed by atoms with E-state index in [1.807, 2.05) is 55.9 Å². The molecule has 0 radical (unpaired) electrons. The van der Waals surface area contributed by atoms with Crippen LogP contribution in [-0.2, 0) is 5.75 Å². The minimum absolute atomic E-state index is 0. The van der Waals surface area contributed by atoms with E-state index in [1.54, 1.807) is 0 Å². The summed E-state index contributed by atoms with van der Waals surface area (Å²) in [6, 6.07) is 17.2. The molecule has 1 saturated heterocycles. The van der Waals surface area contributed by atoms with E-state index in [0.29, 0.717) is 5.92 Å². The van der Waals surface area contributed by atoms with Gasteiger partial charge in [-0.05, 0) is 60.0 Å². The Balaban J connectivity index is 0.00000156. The Kier molecular flexibility index (Phi) is 13.5. The number of piperazine rings is 1. The van der Waals surface area contributed by atoms with E-state index < -0.39 is 0 Å². The number of nitrogens with zero attached hydrogens (tertiary/aromatic N) is 3. The van der Waals surface area contributed by atoms with Crippen molar-refractivity contribution in [1.82, 2.24) is 4.31 Å². The lowest BCUT2D eigenvalue weighted by Gasteiger charge is -2.34. The maximum atomic E-state index is 6.21. The van der Waals surface area contributed by atoms with Gasteiger partial charge in [0.1, 0.15) is 0 Å². The van der Waals surface area contributed by atoms with Gasteiger partial charge in [-0.1, -0.05) is 76.9 Å². The van der Waals surface area contributed by atoms with Crippen LogP contribution in [0.3, 0.4) is 0 Å². The highest BCUT2D eigenvalue weighted by atomic mass is 35.5. The summed E-state index contributed by atoms with van der Waals surface area (Å²) >= 11 is 9.92. The van der Waals surface area contributed by atoms with Crippen molar-refractivity contribution < 1.29 is 0 Å². The fraction of sp³-hybridized carbons (Fsp3) is 0.520. The second kappa shape index (κ2) is 14.9. The summed E-state index contributed by atoms with van der Waals surface area (Å²) in [5, 5.41) is 0.790. The summed E-state index contributed by atoms with van der Waals surface area (Å²) < 4.78 is 4.80. The van der Waals surface area contributed by atoms with Crippen molar-refractivity contribution in [3.8, 4) is 0 Å². The smallest absolute Gasteiger partial charge is 0.0484 e. The van der Waals surface area contributed by atoms with Crippen LogP contribution in [0.2, 0.25) is 5.02 Å². The molecule has 0 unspecified atom stereocenters. The fourth-order valence-electron chi connectivity index (χ4n) is 3.28. The Morgan fingerprint density at radius 3 is 2.19 bits per heavy atom. The molecule has 0 amide bonds. The lowest BCUT2D eigenvalue weighted by Crippen LogP contribution is -2.43. The lowest BCUT2D eigenvalue weighted by atomic mass is 10.2. The number of anilines is 2. The molecule has 3 nitrogen and oxygen atoms in total. The number of rotatable bonds is 8. The minimum Gasteiger partial charge on any atom is -0.369 e. The van der Waals surface area contributed by atoms with E-state index in [4.69, 9.17) is 11.6 Å². The molecule has 0 N–H and O–H groups in total. The molecule has 0 bridgehead atoms. The maximum Gasteiger partial charge on any atom is 0.0484 e. The van der Waals surface area contributed by atoms with Crippen molar-refractivity contribution in [2.24, 2.45) is 5.92 Å². The van der Waals surface area contributed by atoms with Crippen LogP contribution in [-0.4, -0.2) is 43.3 Å². The van der Waals surface area contributed by atoms with Gasteiger partial charge >= 0.3 is 0 Å². The molecule has 3 rings (SSSR count). The second-order valence-corrected chi connectivity index (χ2v) is 9.78. The molecule has 1 heterocycles. The molecule has 6 heteroatoms. The van der Waals surface area contributed by atoms with Crippen LogP contribution in [0, 0.1) is 5.92 Å². The molecule has 1 aliphatic heterocycles. The summed E-state index contributed by atoms with van der Waals surface area (Å²) in [5.41, 5.74) is 3.87. The Bertz CT molecular complexity index is 732. The van der Waals surface area contributed by atoms with Crippen LogP contribution in [0.15, 0.2) is 48.5 Å². The molecule has 0 saturated carbocycles. The van der Waals surface area contributed by atoms with Crippen LogP contribution >= 0.6 is 35.5 Å². The average molecular weight is 482 g/mol. The van der Waals surface area contributed by atoms with Crippen molar-refractivity contribution in [2.45, 2.75) is 40.9 Å². The van der Waals surface area contributed by atoms with Crippen molar-refractivity contribution in [3.05, 3.63) is 59.1 Å². The monoisotopic (exact) mass is 481 g/mol. The molecule has 2 aromatic rings. The van der Waals surface area contributed by atoms with Crippen molar-refractivity contribution in [2.75, 3.05) is 48.2 Å². The highest BCUT2D eigenvalue weighted by Gasteiger charge is 2.16. The molecule has 0 aliphatic carbocycles. The number of benzene rings is 2. The predicted molar refractivity (Wildman–Crippen MR) is 147 cm³/mol. The third kappa shape index (κ3) is 9.17. The molecule has 174 valence electrons. The molecule has 31 heavy (non-hydrogen) atoms. The Morgan fingerprint density at radius 2 is 1.65 bits per heavy atom. The highest BCUT2D eigenvalue weighted by Crippen LogP contribution is 2.29. The van der Waals surface area contributed by atoms with Crippen molar-refractivity contribution in [3.63, 3.8) is 0 Å². The summed E-state index contributed by atoms with van der Waals surface area (Å²) in [6.07, 6.45) is 2.16. The maximum absolute atomic E-state index is 6.21. The third-order valence-electron chi connectivity index (χ3n) is 4.81. The molecule has 0 spiro atoms. The zero-order valence-corrected chi connectivity index (χ0v) is 21.4. The Morgan fingerprint density at radius 1 is 1.00 bits per heavy atom. The van der Waals surface area contributed by atoms with Gasteiger partial charge in [0.15, 0.2) is 0 Å². The normalized spacial score (nSPS) is 14.0. The average Bonchev–Trinajstić information content (AvgIpc) is 2.78. The second-order valence-electron chi connectivity index (χ2n) is 7.47. The van der Waals surface area contributed by atoms with Gasteiger partial charge in [-0.25, -0.2) is 4.31 Å². The van der Waals surface area contributed by atoms with E-state index >= 15 is 0 Å². The van der Waals surface area contributed by atoms with Crippen LogP contribution in [0.4, 0.5) is 11.4 Å². The van der Waals surface area contributed by atoms with Gasteiger partial charge in [0, 0.05) is 54.9 Å². The largest absolute Gasteiger partial charge is 0.369 e. The summed E-state index contributed by atoms with van der Waals surface area (Å²) in [7, 11) is 0. The third-order valence-corrected chi connectivity index (χ3v) is 7.06. The first-order valence-electron chi connectivity index (χ1n) is 10.8. The Hall–Kier alpha value is -1.01. The Labute approximate surface area is 204 Å². The van der Waals surface area contributed by atoms with E-state index in [1.165, 1.54) is 16.9 Å². The van der Waals surface area contributed by atoms with E-state index in [-0.39, 0.29) is 7.43 Å². The lowest BCUT2D eigenvalue weighted by molar-refractivity contribution is 0.431. The number of halogens is 1. The van der Waals surface area contributed by atoms with E-state index in [2.05, 4.69) is 63.9 Å². The standard InChI is InChI=1S/C22H30ClN3S2.C2H6.CH4/c1-18(2)16-26(22-6-4-5-20(23)15-22)28-17-19-7-9-21(10-8-19)24-11-13-25(27-3)14-12-24;1-2;/h4-10,15,18H,11-14,16-17H2,1-3H3;1-2H3;1H4. The molecular weight excluding hydrogens is 442 g/mol. The van der Waals surface area contributed by atoms with Gasteiger partial charge < -0.3 is 9.21 Å². The quantitative estimate of drug-likeness (QED) is 0.356. The predicted octanol–water partition coefficient (Wildman–Crippen LogP) is 7.71. The summed E-state index contributed by atoms with van der Waals surface area (Å²) in [6.45, 7) is 14.0.